The molecule has 0 amide bonds. The molecule has 0 fully saturated rings. The van der Waals surface area contributed by atoms with Gasteiger partial charge in [-0.15, -0.1) is 0 Å². The number of ether oxygens (including phenoxy) is 1. The van der Waals surface area contributed by atoms with E-state index in [1.54, 1.807) is 6.92 Å². The summed E-state index contributed by atoms with van der Waals surface area (Å²) in [6.45, 7) is 0.769. The molecule has 4 N–H and O–H groups in total. The number of halogens is 2. The highest BCUT2D eigenvalue weighted by molar-refractivity contribution is 5.75. The van der Waals surface area contributed by atoms with E-state index in [4.69, 9.17) is 16.2 Å². The maximum atomic E-state index is 13.8. The van der Waals surface area contributed by atoms with Crippen LogP contribution in [0.1, 0.15) is 12.5 Å². The summed E-state index contributed by atoms with van der Waals surface area (Å²) in [6, 6.07) is 3.92. The van der Waals surface area contributed by atoms with Crippen LogP contribution >= 0.6 is 0 Å². The Morgan fingerprint density at radius 1 is 1.39 bits per heavy atom. The second-order valence-electron chi connectivity index (χ2n) is 4.18. The van der Waals surface area contributed by atoms with Crippen molar-refractivity contribution in [2.75, 3.05) is 12.4 Å². The molecule has 18 heavy (non-hydrogen) atoms. The Morgan fingerprint density at radius 2 is 2.11 bits per heavy atom. The number of amidine groups is 1. The molecule has 1 aliphatic heterocycles. The first-order valence-corrected chi connectivity index (χ1v) is 5.31. The van der Waals surface area contributed by atoms with Gasteiger partial charge >= 0.3 is 0 Å². The van der Waals surface area contributed by atoms with Gasteiger partial charge in [-0.1, -0.05) is 0 Å². The molecular weight excluding hydrogens is 240 g/mol. The van der Waals surface area contributed by atoms with Gasteiger partial charge in [-0.3, -0.25) is 0 Å². The molecule has 1 atom stereocenters. The molecular formula is C12H13F2N3O. The molecule has 0 saturated heterocycles. The molecule has 4 nitrogen and oxygen atoms in total. The van der Waals surface area contributed by atoms with Gasteiger partial charge in [-0.05, 0) is 31.2 Å². The van der Waals surface area contributed by atoms with E-state index in [2.05, 4.69) is 4.99 Å². The maximum Gasteiger partial charge on any atom is 0.288 e. The Kier molecular flexibility index (Phi) is 2.94. The van der Waals surface area contributed by atoms with Gasteiger partial charge < -0.3 is 16.2 Å². The number of hydrogen-bond donors (Lipinski definition) is 2. The molecule has 1 aromatic carbocycles. The van der Waals surface area contributed by atoms with Crippen LogP contribution in [-0.2, 0) is 10.3 Å². The fraction of sp³-hybridized carbons (Fsp3) is 0.250. The highest BCUT2D eigenvalue weighted by Crippen LogP contribution is 2.34. The number of rotatable bonds is 2. The van der Waals surface area contributed by atoms with E-state index in [0.717, 1.165) is 0 Å². The van der Waals surface area contributed by atoms with Gasteiger partial charge in [-0.2, -0.15) is 0 Å². The average Bonchev–Trinajstić information content (AvgIpc) is 2.31. The molecule has 0 aromatic heterocycles. The fourth-order valence-electron chi connectivity index (χ4n) is 1.90. The van der Waals surface area contributed by atoms with Crippen LogP contribution in [-0.4, -0.2) is 12.7 Å². The minimum atomic E-state index is -1.12. The minimum absolute atomic E-state index is 0.00632. The van der Waals surface area contributed by atoms with E-state index in [1.165, 1.54) is 24.3 Å². The van der Waals surface area contributed by atoms with Crippen molar-refractivity contribution in [3.63, 3.8) is 0 Å². The van der Waals surface area contributed by atoms with E-state index >= 15 is 0 Å². The number of nitrogens with zero attached hydrogens (tertiary/aromatic N) is 1. The van der Waals surface area contributed by atoms with Crippen molar-refractivity contribution < 1.29 is 13.5 Å². The molecule has 0 spiro atoms. The van der Waals surface area contributed by atoms with Crippen molar-refractivity contribution in [1.29, 1.82) is 0 Å². The smallest absolute Gasteiger partial charge is 0.288 e. The number of alkyl halides is 1. The van der Waals surface area contributed by atoms with Gasteiger partial charge in [-0.25, -0.2) is 13.8 Å². The van der Waals surface area contributed by atoms with Gasteiger partial charge in [0, 0.05) is 11.3 Å². The van der Waals surface area contributed by atoms with Crippen LogP contribution in [0.3, 0.4) is 0 Å². The lowest BCUT2D eigenvalue weighted by Gasteiger charge is -2.27. The van der Waals surface area contributed by atoms with Crippen LogP contribution in [0.15, 0.2) is 35.0 Å². The number of anilines is 1. The molecule has 0 radical (unpaired) electrons. The van der Waals surface area contributed by atoms with Gasteiger partial charge in [0.15, 0.2) is 0 Å². The van der Waals surface area contributed by atoms with Gasteiger partial charge in [0.1, 0.15) is 23.8 Å². The topological polar surface area (TPSA) is 73.6 Å². The predicted octanol–water partition coefficient (Wildman–Crippen LogP) is 1.82. The highest BCUT2D eigenvalue weighted by atomic mass is 19.1. The number of allylic oxidation sites excluding steroid dienone is 1. The molecule has 1 aliphatic rings. The second kappa shape index (κ2) is 4.29. The zero-order valence-corrected chi connectivity index (χ0v) is 9.78. The van der Waals surface area contributed by atoms with Crippen molar-refractivity contribution in [3.05, 3.63) is 41.4 Å². The standard InChI is InChI=1S/C12H13F2N3O/c1-12(5-8(6-13)18-11(16)17-12)9-4-7(15)2-3-10(9)14/h2-5H,6,15H2,1H3,(H2,16,17). The Hall–Kier alpha value is -2.11. The lowest BCUT2D eigenvalue weighted by atomic mass is 9.90. The molecule has 96 valence electrons. The van der Waals surface area contributed by atoms with Crippen LogP contribution in [0.5, 0.6) is 0 Å². The number of hydrogen-bond acceptors (Lipinski definition) is 4. The SMILES string of the molecule is CC1(c2cc(N)ccc2F)C=C(CF)OC(N)=N1. The van der Waals surface area contributed by atoms with Crippen LogP contribution in [0.2, 0.25) is 0 Å². The Bertz CT molecular complexity index is 542. The predicted molar refractivity (Wildman–Crippen MR) is 64.9 cm³/mol. The van der Waals surface area contributed by atoms with Crippen LogP contribution in [0, 0.1) is 5.82 Å². The van der Waals surface area contributed by atoms with Gasteiger partial charge in [0.2, 0.25) is 0 Å². The first-order chi connectivity index (χ1) is 8.44. The van der Waals surface area contributed by atoms with Crippen LogP contribution in [0.25, 0.3) is 0 Å². The van der Waals surface area contributed by atoms with Crippen LogP contribution in [0.4, 0.5) is 14.5 Å². The average molecular weight is 253 g/mol. The molecule has 1 aromatic rings. The summed E-state index contributed by atoms with van der Waals surface area (Å²) in [4.78, 5) is 4.02. The third-order valence-corrected chi connectivity index (χ3v) is 2.69. The lowest BCUT2D eigenvalue weighted by molar-refractivity contribution is 0.315. The molecule has 0 saturated carbocycles. The van der Waals surface area contributed by atoms with Crippen molar-refractivity contribution >= 4 is 11.7 Å². The molecule has 6 heteroatoms. The van der Waals surface area contributed by atoms with E-state index in [1.807, 2.05) is 0 Å². The number of aliphatic imine (C=N–C) groups is 1. The van der Waals surface area contributed by atoms with E-state index in [-0.39, 0.29) is 17.3 Å². The monoisotopic (exact) mass is 253 g/mol. The molecule has 2 rings (SSSR count). The normalized spacial score (nSPS) is 23.1. The molecule has 1 heterocycles. The summed E-state index contributed by atoms with van der Waals surface area (Å²) in [6.07, 6.45) is 1.39. The van der Waals surface area contributed by atoms with Gasteiger partial charge in [0.25, 0.3) is 6.02 Å². The summed E-state index contributed by atoms with van der Waals surface area (Å²) in [5.41, 5.74) is 10.6. The quantitative estimate of drug-likeness (QED) is 0.789. The first kappa shape index (κ1) is 12.3. The van der Waals surface area contributed by atoms with Crippen LogP contribution < -0.4 is 11.5 Å². The Labute approximate surface area is 103 Å². The van der Waals surface area contributed by atoms with E-state index in [9.17, 15) is 8.78 Å². The zero-order chi connectivity index (χ0) is 13.3. The van der Waals surface area contributed by atoms with E-state index in [0.29, 0.717) is 5.69 Å². The highest BCUT2D eigenvalue weighted by Gasteiger charge is 2.32. The van der Waals surface area contributed by atoms with Crippen molar-refractivity contribution in [2.45, 2.75) is 12.5 Å². The summed E-state index contributed by atoms with van der Waals surface area (Å²) in [7, 11) is 0. The Morgan fingerprint density at radius 3 is 2.78 bits per heavy atom. The minimum Gasteiger partial charge on any atom is -0.428 e. The number of nitrogens with two attached hydrogens (primary N) is 2. The van der Waals surface area contributed by atoms with Crippen molar-refractivity contribution in [1.82, 2.24) is 0 Å². The first-order valence-electron chi connectivity index (χ1n) is 5.31. The third-order valence-electron chi connectivity index (χ3n) is 2.69. The molecule has 0 bridgehead atoms. The van der Waals surface area contributed by atoms with Gasteiger partial charge in [0.05, 0.1) is 0 Å². The lowest BCUT2D eigenvalue weighted by Crippen LogP contribution is -2.31. The summed E-state index contributed by atoms with van der Waals surface area (Å²) < 4.78 is 31.4. The van der Waals surface area contributed by atoms with Crippen molar-refractivity contribution in [2.24, 2.45) is 10.7 Å². The maximum absolute atomic E-state index is 13.8. The second-order valence-corrected chi connectivity index (χ2v) is 4.18. The molecule has 1 unspecified atom stereocenters. The fourth-order valence-corrected chi connectivity index (χ4v) is 1.90. The number of benzene rings is 1. The summed E-state index contributed by atoms with van der Waals surface area (Å²) in [5, 5.41) is 0. The van der Waals surface area contributed by atoms with E-state index < -0.39 is 18.0 Å². The summed E-state index contributed by atoms with van der Waals surface area (Å²) >= 11 is 0. The Balaban J connectivity index is 2.56. The molecule has 0 aliphatic carbocycles. The van der Waals surface area contributed by atoms with Crippen molar-refractivity contribution in [3.8, 4) is 0 Å². The largest absolute Gasteiger partial charge is 0.428 e. The summed E-state index contributed by atoms with van der Waals surface area (Å²) in [5.74, 6) is -0.480. The third kappa shape index (κ3) is 2.13. The zero-order valence-electron chi connectivity index (χ0n) is 9.78. The number of nitrogen functional groups attached to an aromatic ring is 1.